The zero-order valence-electron chi connectivity index (χ0n) is 23.6. The molecule has 2 amide bonds. The van der Waals surface area contributed by atoms with E-state index in [2.05, 4.69) is 5.32 Å². The number of nitrogens with one attached hydrogen (secondary N) is 1. The molecule has 1 N–H and O–H groups in total. The zero-order valence-corrected chi connectivity index (χ0v) is 24.4. The standard InChI is InChI=1S/C32H38FN3O4S/c1-24-17-19-28(20-18-24)41(39,40)35(2)23-31(37)36(22-26-13-9-10-16-29(26)33)30(21-25-11-5-3-6-12-25)32(38)34-27-14-7-4-8-15-27/h3,5-6,9-13,16-20,27,30H,4,7-8,14-15,21-23H2,1-2H3,(H,34,38). The fraction of sp³-hybridized carbons (Fsp3) is 0.375. The molecule has 7 nitrogen and oxygen atoms in total. The van der Waals surface area contributed by atoms with Crippen LogP contribution in [0.25, 0.3) is 0 Å². The highest BCUT2D eigenvalue weighted by Gasteiger charge is 2.34. The van der Waals surface area contributed by atoms with E-state index in [1.165, 1.54) is 30.1 Å². The Kier molecular flexibility index (Phi) is 10.3. The summed E-state index contributed by atoms with van der Waals surface area (Å²) in [7, 11) is -2.65. The Morgan fingerprint density at radius 3 is 2.22 bits per heavy atom. The lowest BCUT2D eigenvalue weighted by Crippen LogP contribution is -2.54. The second-order valence-electron chi connectivity index (χ2n) is 10.7. The van der Waals surface area contributed by atoms with E-state index in [1.54, 1.807) is 30.3 Å². The Labute approximate surface area is 242 Å². The maximum Gasteiger partial charge on any atom is 0.243 e. The molecule has 0 aliphatic heterocycles. The average Bonchev–Trinajstić information content (AvgIpc) is 2.97. The highest BCUT2D eigenvalue weighted by molar-refractivity contribution is 7.89. The summed E-state index contributed by atoms with van der Waals surface area (Å²) >= 11 is 0. The first kappa shape index (κ1) is 30.4. The van der Waals surface area contributed by atoms with E-state index in [9.17, 15) is 22.4 Å². The van der Waals surface area contributed by atoms with Crippen LogP contribution in [-0.4, -0.2) is 55.1 Å². The molecule has 41 heavy (non-hydrogen) atoms. The molecule has 1 aliphatic carbocycles. The van der Waals surface area contributed by atoms with Gasteiger partial charge in [0.25, 0.3) is 0 Å². The van der Waals surface area contributed by atoms with Crippen molar-refractivity contribution in [3.05, 3.63) is 101 Å². The number of carbonyl (C=O) groups excluding carboxylic acids is 2. The number of likely N-dealkylation sites (N-methyl/N-ethyl adjacent to an activating group) is 1. The van der Waals surface area contributed by atoms with Crippen molar-refractivity contribution >= 4 is 21.8 Å². The van der Waals surface area contributed by atoms with Crippen molar-refractivity contribution in [1.82, 2.24) is 14.5 Å². The van der Waals surface area contributed by atoms with Gasteiger partial charge in [0.15, 0.2) is 0 Å². The molecule has 9 heteroatoms. The van der Waals surface area contributed by atoms with E-state index >= 15 is 0 Å². The van der Waals surface area contributed by atoms with Crippen LogP contribution in [0.4, 0.5) is 4.39 Å². The van der Waals surface area contributed by atoms with Crippen LogP contribution in [0.1, 0.15) is 48.8 Å². The second kappa shape index (κ2) is 13.9. The van der Waals surface area contributed by atoms with E-state index < -0.39 is 34.3 Å². The van der Waals surface area contributed by atoms with Gasteiger partial charge in [0.05, 0.1) is 11.4 Å². The van der Waals surface area contributed by atoms with Gasteiger partial charge in [-0.1, -0.05) is 85.5 Å². The lowest BCUT2D eigenvalue weighted by molar-refractivity contribution is -0.141. The summed E-state index contributed by atoms with van der Waals surface area (Å²) < 4.78 is 42.4. The van der Waals surface area contributed by atoms with Gasteiger partial charge in [-0.15, -0.1) is 0 Å². The predicted octanol–water partition coefficient (Wildman–Crippen LogP) is 4.84. The van der Waals surface area contributed by atoms with Gasteiger partial charge < -0.3 is 10.2 Å². The maximum absolute atomic E-state index is 14.8. The molecule has 1 atom stereocenters. The molecule has 1 fully saturated rings. The summed E-state index contributed by atoms with van der Waals surface area (Å²) in [4.78, 5) is 29.2. The molecular formula is C32H38FN3O4S. The molecule has 4 rings (SSSR count). The predicted molar refractivity (Wildman–Crippen MR) is 157 cm³/mol. The molecule has 0 radical (unpaired) electrons. The summed E-state index contributed by atoms with van der Waals surface area (Å²) in [5, 5.41) is 3.13. The van der Waals surface area contributed by atoms with Gasteiger partial charge in [0.2, 0.25) is 21.8 Å². The molecule has 0 spiro atoms. The van der Waals surface area contributed by atoms with Gasteiger partial charge in [0, 0.05) is 31.6 Å². The number of nitrogens with zero attached hydrogens (tertiary/aromatic N) is 2. The summed E-state index contributed by atoms with van der Waals surface area (Å²) in [6, 6.07) is 20.9. The van der Waals surface area contributed by atoms with Crippen LogP contribution in [-0.2, 0) is 32.6 Å². The number of hydrogen-bond acceptors (Lipinski definition) is 4. The fourth-order valence-corrected chi connectivity index (χ4v) is 6.29. The Morgan fingerprint density at radius 2 is 1.56 bits per heavy atom. The molecule has 1 aliphatic rings. The van der Waals surface area contributed by atoms with Crippen LogP contribution in [0.3, 0.4) is 0 Å². The van der Waals surface area contributed by atoms with E-state index in [4.69, 9.17) is 0 Å². The monoisotopic (exact) mass is 579 g/mol. The minimum atomic E-state index is -3.98. The van der Waals surface area contributed by atoms with Crippen molar-refractivity contribution in [1.29, 1.82) is 0 Å². The number of sulfonamides is 1. The molecule has 0 saturated heterocycles. The van der Waals surface area contributed by atoms with Crippen molar-refractivity contribution in [2.75, 3.05) is 13.6 Å². The summed E-state index contributed by atoms with van der Waals surface area (Å²) in [5.41, 5.74) is 1.99. The van der Waals surface area contributed by atoms with Crippen LogP contribution in [0.5, 0.6) is 0 Å². The van der Waals surface area contributed by atoms with Crippen LogP contribution in [0.2, 0.25) is 0 Å². The Morgan fingerprint density at radius 1 is 0.927 bits per heavy atom. The minimum absolute atomic E-state index is 0.00419. The summed E-state index contributed by atoms with van der Waals surface area (Å²) in [6.07, 6.45) is 5.10. The van der Waals surface area contributed by atoms with E-state index in [0.29, 0.717) is 0 Å². The molecule has 0 aromatic heterocycles. The van der Waals surface area contributed by atoms with Gasteiger partial charge >= 0.3 is 0 Å². The smallest absolute Gasteiger partial charge is 0.243 e. The van der Waals surface area contributed by atoms with E-state index in [1.807, 2.05) is 37.3 Å². The molecular weight excluding hydrogens is 541 g/mol. The Bertz CT molecular complexity index is 1420. The SMILES string of the molecule is Cc1ccc(S(=O)(=O)N(C)CC(=O)N(Cc2ccccc2F)C(Cc2ccccc2)C(=O)NC2CCCCC2)cc1. The summed E-state index contributed by atoms with van der Waals surface area (Å²) in [5.74, 6) is -1.42. The van der Waals surface area contributed by atoms with Gasteiger partial charge in [-0.05, 0) is 43.5 Å². The number of aryl methyl sites for hydroxylation is 1. The van der Waals surface area contributed by atoms with Crippen molar-refractivity contribution in [2.24, 2.45) is 0 Å². The number of amides is 2. The molecule has 3 aromatic rings. The molecule has 1 unspecified atom stereocenters. The number of hydrogen-bond donors (Lipinski definition) is 1. The Hall–Kier alpha value is -3.56. The number of carbonyl (C=O) groups is 2. The highest BCUT2D eigenvalue weighted by Crippen LogP contribution is 2.21. The highest BCUT2D eigenvalue weighted by atomic mass is 32.2. The largest absolute Gasteiger partial charge is 0.352 e. The third kappa shape index (κ3) is 8.01. The topological polar surface area (TPSA) is 86.8 Å². The lowest BCUT2D eigenvalue weighted by Gasteiger charge is -2.34. The van der Waals surface area contributed by atoms with Crippen molar-refractivity contribution < 1.29 is 22.4 Å². The molecule has 3 aromatic carbocycles. The maximum atomic E-state index is 14.8. The molecule has 1 saturated carbocycles. The Balaban J connectivity index is 1.66. The molecule has 218 valence electrons. The summed E-state index contributed by atoms with van der Waals surface area (Å²) in [6.45, 7) is 1.17. The van der Waals surface area contributed by atoms with Gasteiger partial charge in [-0.25, -0.2) is 12.8 Å². The van der Waals surface area contributed by atoms with Gasteiger partial charge in [-0.2, -0.15) is 4.31 Å². The van der Waals surface area contributed by atoms with Crippen molar-refractivity contribution in [2.45, 2.75) is 69.0 Å². The normalized spacial score (nSPS) is 14.9. The third-order valence-corrected chi connectivity index (χ3v) is 9.43. The van der Waals surface area contributed by atoms with Gasteiger partial charge in [0.1, 0.15) is 11.9 Å². The van der Waals surface area contributed by atoms with Crippen molar-refractivity contribution in [3.8, 4) is 0 Å². The number of rotatable bonds is 11. The van der Waals surface area contributed by atoms with Gasteiger partial charge in [-0.3, -0.25) is 9.59 Å². The zero-order chi connectivity index (χ0) is 29.4. The second-order valence-corrected chi connectivity index (χ2v) is 12.8. The van der Waals surface area contributed by atoms with Crippen LogP contribution in [0, 0.1) is 12.7 Å². The van der Waals surface area contributed by atoms with Crippen LogP contribution < -0.4 is 5.32 Å². The number of benzene rings is 3. The lowest BCUT2D eigenvalue weighted by atomic mass is 9.94. The number of halogens is 1. The first-order chi connectivity index (χ1) is 19.6. The quantitative estimate of drug-likeness (QED) is 0.352. The first-order valence-corrected chi connectivity index (χ1v) is 15.5. The molecule has 0 heterocycles. The van der Waals surface area contributed by atoms with E-state index in [-0.39, 0.29) is 35.4 Å². The first-order valence-electron chi connectivity index (χ1n) is 14.1. The third-order valence-electron chi connectivity index (χ3n) is 7.61. The van der Waals surface area contributed by atoms with Crippen molar-refractivity contribution in [3.63, 3.8) is 0 Å². The minimum Gasteiger partial charge on any atom is -0.352 e. The van der Waals surface area contributed by atoms with Crippen LogP contribution >= 0.6 is 0 Å². The molecule has 0 bridgehead atoms. The fourth-order valence-electron chi connectivity index (χ4n) is 5.16. The average molecular weight is 580 g/mol. The van der Waals surface area contributed by atoms with Crippen LogP contribution in [0.15, 0.2) is 83.8 Å². The van der Waals surface area contributed by atoms with E-state index in [0.717, 1.165) is 47.5 Å².